The Bertz CT molecular complexity index is 461. The molecule has 1 unspecified atom stereocenters. The fourth-order valence-electron chi connectivity index (χ4n) is 1.31. The predicted molar refractivity (Wildman–Crippen MR) is 61.8 cm³/mol. The number of benzene rings is 1. The Kier molecular flexibility index (Phi) is 4.65. The van der Waals surface area contributed by atoms with Gasteiger partial charge in [0.15, 0.2) is 0 Å². The molecule has 1 amide bonds. The van der Waals surface area contributed by atoms with E-state index in [1.54, 1.807) is 0 Å². The number of aliphatic carboxylic acids is 1. The molecule has 0 radical (unpaired) electrons. The Balaban J connectivity index is 2.55. The van der Waals surface area contributed by atoms with E-state index in [0.717, 1.165) is 18.2 Å². The minimum atomic E-state index is -0.946. The highest BCUT2D eigenvalue weighted by molar-refractivity contribution is 5.96. The Hall–Kier alpha value is -2.11. The summed E-state index contributed by atoms with van der Waals surface area (Å²) in [5.74, 6) is -3.11. The molecule has 0 bridgehead atoms. The number of phenolic OH excluding ortho intramolecular Hbond substituents is 1. The molecule has 0 heterocycles. The third-order valence-electron chi connectivity index (χ3n) is 2.49. The molecule has 0 aliphatic carbocycles. The minimum Gasteiger partial charge on any atom is -0.507 e. The van der Waals surface area contributed by atoms with Gasteiger partial charge >= 0.3 is 5.97 Å². The summed E-state index contributed by atoms with van der Waals surface area (Å²) in [4.78, 5) is 22.1. The smallest absolute Gasteiger partial charge is 0.306 e. The number of nitrogens with one attached hydrogen (secondary N) is 1. The van der Waals surface area contributed by atoms with Crippen molar-refractivity contribution in [2.45, 2.75) is 13.3 Å². The number of amides is 1. The number of carbonyl (C=O) groups is 2. The van der Waals surface area contributed by atoms with Crippen LogP contribution in [0.5, 0.6) is 5.75 Å². The van der Waals surface area contributed by atoms with Crippen LogP contribution in [0.4, 0.5) is 4.39 Å². The topological polar surface area (TPSA) is 86.6 Å². The normalized spacial score (nSPS) is 11.9. The number of hydrogen-bond donors (Lipinski definition) is 3. The van der Waals surface area contributed by atoms with Gasteiger partial charge in [-0.15, -0.1) is 0 Å². The second-order valence-electron chi connectivity index (χ2n) is 3.95. The molecule has 18 heavy (non-hydrogen) atoms. The second-order valence-corrected chi connectivity index (χ2v) is 3.95. The summed E-state index contributed by atoms with van der Waals surface area (Å²) in [6, 6.07) is 3.05. The molecule has 1 rings (SSSR count). The summed E-state index contributed by atoms with van der Waals surface area (Å²) in [6.07, 6.45) is 0.261. The summed E-state index contributed by atoms with van der Waals surface area (Å²) >= 11 is 0. The quantitative estimate of drug-likeness (QED) is 0.741. The first-order valence-corrected chi connectivity index (χ1v) is 5.41. The van der Waals surface area contributed by atoms with Crippen LogP contribution in [-0.2, 0) is 4.79 Å². The van der Waals surface area contributed by atoms with E-state index in [2.05, 4.69) is 5.32 Å². The first-order chi connectivity index (χ1) is 8.41. The third kappa shape index (κ3) is 3.73. The number of carboxylic acid groups (broad SMARTS) is 1. The van der Waals surface area contributed by atoms with Crippen molar-refractivity contribution in [1.29, 1.82) is 0 Å². The Morgan fingerprint density at radius 1 is 1.44 bits per heavy atom. The molecule has 98 valence electrons. The zero-order valence-corrected chi connectivity index (χ0v) is 9.81. The number of hydrogen-bond acceptors (Lipinski definition) is 3. The van der Waals surface area contributed by atoms with Crippen LogP contribution in [0.3, 0.4) is 0 Å². The van der Waals surface area contributed by atoms with Crippen molar-refractivity contribution in [2.24, 2.45) is 5.92 Å². The largest absolute Gasteiger partial charge is 0.507 e. The molecule has 0 saturated heterocycles. The maximum atomic E-state index is 12.9. The third-order valence-corrected chi connectivity index (χ3v) is 2.49. The number of carbonyl (C=O) groups excluding carboxylic acids is 1. The number of rotatable bonds is 5. The second kappa shape index (κ2) is 6.00. The summed E-state index contributed by atoms with van der Waals surface area (Å²) in [5.41, 5.74) is -0.169. The zero-order chi connectivity index (χ0) is 13.7. The zero-order valence-electron chi connectivity index (χ0n) is 9.81. The lowest BCUT2D eigenvalue weighted by Crippen LogP contribution is -2.27. The molecule has 0 aliphatic heterocycles. The molecule has 1 aromatic carbocycles. The molecule has 0 fully saturated rings. The maximum Gasteiger partial charge on any atom is 0.306 e. The highest BCUT2D eigenvalue weighted by Gasteiger charge is 2.14. The van der Waals surface area contributed by atoms with Gasteiger partial charge in [-0.2, -0.15) is 0 Å². The SMILES string of the molecule is CC(CCNC(=O)c1cc(F)ccc1O)C(=O)O. The first kappa shape index (κ1) is 14.0. The van der Waals surface area contributed by atoms with Crippen LogP contribution < -0.4 is 5.32 Å². The molecule has 1 aromatic rings. The van der Waals surface area contributed by atoms with Crippen molar-refractivity contribution in [2.75, 3.05) is 6.54 Å². The fraction of sp³-hybridized carbons (Fsp3) is 0.333. The number of halogens is 1. The van der Waals surface area contributed by atoms with Gasteiger partial charge in [0, 0.05) is 6.54 Å². The molecule has 1 atom stereocenters. The van der Waals surface area contributed by atoms with Crippen LogP contribution in [0.1, 0.15) is 23.7 Å². The van der Waals surface area contributed by atoms with Crippen molar-refractivity contribution >= 4 is 11.9 Å². The van der Waals surface area contributed by atoms with Crippen LogP contribution in [0.2, 0.25) is 0 Å². The van der Waals surface area contributed by atoms with E-state index in [1.165, 1.54) is 6.92 Å². The Labute approximate surface area is 103 Å². The van der Waals surface area contributed by atoms with E-state index < -0.39 is 23.6 Å². The number of carboxylic acids is 1. The van der Waals surface area contributed by atoms with Gasteiger partial charge in [-0.3, -0.25) is 9.59 Å². The van der Waals surface area contributed by atoms with Crippen LogP contribution in [0.15, 0.2) is 18.2 Å². The monoisotopic (exact) mass is 255 g/mol. The molecule has 6 heteroatoms. The molecule has 0 aliphatic rings. The van der Waals surface area contributed by atoms with Crippen molar-refractivity contribution < 1.29 is 24.2 Å². The van der Waals surface area contributed by atoms with E-state index in [4.69, 9.17) is 5.11 Å². The van der Waals surface area contributed by atoms with Gasteiger partial charge < -0.3 is 15.5 Å². The summed E-state index contributed by atoms with van der Waals surface area (Å²) in [6.45, 7) is 1.66. The lowest BCUT2D eigenvalue weighted by atomic mass is 10.1. The van der Waals surface area contributed by atoms with Gasteiger partial charge in [-0.1, -0.05) is 6.92 Å². The van der Waals surface area contributed by atoms with Gasteiger partial charge in [0.1, 0.15) is 11.6 Å². The molecule has 0 saturated carbocycles. The molecule has 0 aromatic heterocycles. The average molecular weight is 255 g/mol. The highest BCUT2D eigenvalue weighted by atomic mass is 19.1. The van der Waals surface area contributed by atoms with Gasteiger partial charge in [0.2, 0.25) is 0 Å². The minimum absolute atomic E-state index is 0.141. The lowest BCUT2D eigenvalue weighted by Gasteiger charge is -2.08. The van der Waals surface area contributed by atoms with Crippen molar-refractivity contribution in [3.05, 3.63) is 29.6 Å². The summed E-state index contributed by atoms with van der Waals surface area (Å²) in [5, 5.41) is 20.4. The van der Waals surface area contributed by atoms with E-state index >= 15 is 0 Å². The predicted octanol–water partition coefficient (Wildman–Crippen LogP) is 1.37. The summed E-state index contributed by atoms with van der Waals surface area (Å²) in [7, 11) is 0. The van der Waals surface area contributed by atoms with E-state index in [1.807, 2.05) is 0 Å². The van der Waals surface area contributed by atoms with Gasteiger partial charge in [-0.25, -0.2) is 4.39 Å². The first-order valence-electron chi connectivity index (χ1n) is 5.41. The van der Waals surface area contributed by atoms with Crippen LogP contribution in [0.25, 0.3) is 0 Å². The molecule has 3 N–H and O–H groups in total. The number of aromatic hydroxyl groups is 1. The van der Waals surface area contributed by atoms with Crippen LogP contribution in [0, 0.1) is 11.7 Å². The van der Waals surface area contributed by atoms with E-state index in [9.17, 15) is 19.1 Å². The van der Waals surface area contributed by atoms with Gasteiger partial charge in [-0.05, 0) is 24.6 Å². The maximum absolute atomic E-state index is 12.9. The molecular weight excluding hydrogens is 241 g/mol. The van der Waals surface area contributed by atoms with Gasteiger partial charge in [0.25, 0.3) is 5.91 Å². The van der Waals surface area contributed by atoms with Crippen molar-refractivity contribution in [3.8, 4) is 5.75 Å². The van der Waals surface area contributed by atoms with Crippen LogP contribution in [-0.4, -0.2) is 28.6 Å². The Morgan fingerprint density at radius 2 is 2.11 bits per heavy atom. The van der Waals surface area contributed by atoms with Crippen molar-refractivity contribution in [3.63, 3.8) is 0 Å². The molecular formula is C12H14FNO4. The lowest BCUT2D eigenvalue weighted by molar-refractivity contribution is -0.141. The number of phenols is 1. The van der Waals surface area contributed by atoms with E-state index in [0.29, 0.717) is 0 Å². The average Bonchev–Trinajstić information content (AvgIpc) is 2.31. The van der Waals surface area contributed by atoms with E-state index in [-0.39, 0.29) is 24.3 Å². The summed E-state index contributed by atoms with van der Waals surface area (Å²) < 4.78 is 12.9. The Morgan fingerprint density at radius 3 is 2.72 bits per heavy atom. The van der Waals surface area contributed by atoms with Crippen LogP contribution >= 0.6 is 0 Å². The molecule has 5 nitrogen and oxygen atoms in total. The fourth-order valence-corrected chi connectivity index (χ4v) is 1.31. The highest BCUT2D eigenvalue weighted by Crippen LogP contribution is 2.17. The standard InChI is InChI=1S/C12H14FNO4/c1-7(12(17)18)4-5-14-11(16)9-6-8(13)2-3-10(9)15/h2-3,6-7,15H,4-5H2,1H3,(H,14,16)(H,17,18). The van der Waals surface area contributed by atoms with Crippen molar-refractivity contribution in [1.82, 2.24) is 5.32 Å². The van der Waals surface area contributed by atoms with Gasteiger partial charge in [0.05, 0.1) is 11.5 Å². The molecule has 0 spiro atoms.